The largest absolute Gasteiger partial charge is 0.502 e. The Bertz CT molecular complexity index is 941. The summed E-state index contributed by atoms with van der Waals surface area (Å²) in [6, 6.07) is 1.45. The standard InChI is InChI=1S/C16H19N5O6/c1-25-16-10(24)2-8(26-16)4-17-14-13-15(19-6-18-14)21(7-20-13)12-3-9(23)11(5-22)27-12/h2,6-7,9,11-12,22-24H,3-5H2,1H3,(H,17,18,19)/t9-,11+,12?/m0/s1. The van der Waals surface area contributed by atoms with Crippen molar-refractivity contribution in [3.05, 3.63) is 24.5 Å². The summed E-state index contributed by atoms with van der Waals surface area (Å²) in [5, 5.41) is 31.9. The molecule has 11 nitrogen and oxygen atoms in total. The lowest BCUT2D eigenvalue weighted by atomic mass is 10.2. The average molecular weight is 377 g/mol. The van der Waals surface area contributed by atoms with Gasteiger partial charge in [-0.15, -0.1) is 0 Å². The molecule has 1 aliphatic rings. The maximum Gasteiger partial charge on any atom is 0.328 e. The second kappa shape index (κ2) is 7.02. The Hall–Kier alpha value is -2.89. The summed E-state index contributed by atoms with van der Waals surface area (Å²) in [6.07, 6.45) is 1.42. The number of aliphatic hydroxyl groups excluding tert-OH is 2. The summed E-state index contributed by atoms with van der Waals surface area (Å²) in [5.74, 6) is 0.899. The number of nitrogens with one attached hydrogen (secondary N) is 1. The summed E-state index contributed by atoms with van der Waals surface area (Å²) < 4.78 is 17.6. The Morgan fingerprint density at radius 1 is 1.37 bits per heavy atom. The van der Waals surface area contributed by atoms with Gasteiger partial charge in [0, 0.05) is 12.5 Å². The summed E-state index contributed by atoms with van der Waals surface area (Å²) in [7, 11) is 1.40. The van der Waals surface area contributed by atoms with E-state index in [9.17, 15) is 15.3 Å². The predicted molar refractivity (Wildman–Crippen MR) is 91.2 cm³/mol. The van der Waals surface area contributed by atoms with Crippen LogP contribution in [0, 0.1) is 0 Å². The van der Waals surface area contributed by atoms with E-state index >= 15 is 0 Å². The van der Waals surface area contributed by atoms with Crippen molar-refractivity contribution in [3.63, 3.8) is 0 Å². The van der Waals surface area contributed by atoms with E-state index in [2.05, 4.69) is 20.3 Å². The predicted octanol–water partition coefficient (Wildman–Crippen LogP) is 0.386. The Balaban J connectivity index is 1.55. The van der Waals surface area contributed by atoms with Gasteiger partial charge in [0.2, 0.25) is 5.75 Å². The molecule has 3 aromatic heterocycles. The molecule has 0 radical (unpaired) electrons. The van der Waals surface area contributed by atoms with Gasteiger partial charge in [0.05, 0.1) is 32.7 Å². The number of hydrogen-bond donors (Lipinski definition) is 4. The molecular weight excluding hydrogens is 358 g/mol. The summed E-state index contributed by atoms with van der Waals surface area (Å²) in [5.41, 5.74) is 1.05. The van der Waals surface area contributed by atoms with Crippen molar-refractivity contribution in [2.24, 2.45) is 0 Å². The number of fused-ring (bicyclic) bond motifs is 1. The van der Waals surface area contributed by atoms with Gasteiger partial charge in [-0.3, -0.25) is 4.57 Å². The molecule has 0 aromatic carbocycles. The topological polar surface area (TPSA) is 148 Å². The van der Waals surface area contributed by atoms with E-state index in [1.807, 2.05) is 0 Å². The van der Waals surface area contributed by atoms with Crippen LogP contribution >= 0.6 is 0 Å². The zero-order valence-corrected chi connectivity index (χ0v) is 14.4. The monoisotopic (exact) mass is 377 g/mol. The fourth-order valence-corrected chi connectivity index (χ4v) is 3.06. The Morgan fingerprint density at radius 3 is 2.93 bits per heavy atom. The minimum atomic E-state index is -0.751. The molecule has 1 saturated heterocycles. The van der Waals surface area contributed by atoms with E-state index in [4.69, 9.17) is 13.9 Å². The van der Waals surface area contributed by atoms with Gasteiger partial charge in [-0.05, 0) is 0 Å². The highest BCUT2D eigenvalue weighted by molar-refractivity contribution is 5.82. The molecule has 0 bridgehead atoms. The third kappa shape index (κ3) is 3.16. The zero-order valence-electron chi connectivity index (χ0n) is 14.4. The molecule has 4 rings (SSSR count). The Morgan fingerprint density at radius 2 is 2.22 bits per heavy atom. The highest BCUT2D eigenvalue weighted by Gasteiger charge is 2.35. The van der Waals surface area contributed by atoms with Crippen molar-refractivity contribution in [3.8, 4) is 11.7 Å². The highest BCUT2D eigenvalue weighted by atomic mass is 16.6. The fourth-order valence-electron chi connectivity index (χ4n) is 3.06. The van der Waals surface area contributed by atoms with Gasteiger partial charge < -0.3 is 34.5 Å². The Labute approximate surface area is 153 Å². The van der Waals surface area contributed by atoms with E-state index in [0.717, 1.165) is 0 Å². The van der Waals surface area contributed by atoms with Crippen molar-refractivity contribution in [1.82, 2.24) is 19.5 Å². The van der Waals surface area contributed by atoms with Crippen molar-refractivity contribution in [1.29, 1.82) is 0 Å². The number of nitrogens with zero attached hydrogens (tertiary/aromatic N) is 4. The van der Waals surface area contributed by atoms with E-state index < -0.39 is 18.4 Å². The molecule has 0 saturated carbocycles. The van der Waals surface area contributed by atoms with E-state index in [0.29, 0.717) is 29.2 Å². The molecule has 1 unspecified atom stereocenters. The molecule has 4 N–H and O–H groups in total. The lowest BCUT2D eigenvalue weighted by molar-refractivity contribution is -0.0432. The van der Waals surface area contributed by atoms with Crippen LogP contribution in [0.1, 0.15) is 18.4 Å². The smallest absolute Gasteiger partial charge is 0.328 e. The van der Waals surface area contributed by atoms with Gasteiger partial charge in [-0.2, -0.15) is 0 Å². The van der Waals surface area contributed by atoms with Gasteiger partial charge in [-0.25, -0.2) is 15.0 Å². The minimum absolute atomic E-state index is 0.0410. The molecule has 27 heavy (non-hydrogen) atoms. The number of imidazole rings is 1. The van der Waals surface area contributed by atoms with Gasteiger partial charge in [0.25, 0.3) is 0 Å². The van der Waals surface area contributed by atoms with Crippen LogP contribution in [-0.4, -0.2) is 60.8 Å². The van der Waals surface area contributed by atoms with Crippen LogP contribution in [0.4, 0.5) is 5.82 Å². The second-order valence-electron chi connectivity index (χ2n) is 6.10. The molecule has 11 heteroatoms. The van der Waals surface area contributed by atoms with Gasteiger partial charge in [-0.1, -0.05) is 0 Å². The lowest BCUT2D eigenvalue weighted by Gasteiger charge is -2.13. The first-order valence-electron chi connectivity index (χ1n) is 8.32. The first-order chi connectivity index (χ1) is 13.1. The molecule has 1 aliphatic heterocycles. The van der Waals surface area contributed by atoms with Crippen LogP contribution in [-0.2, 0) is 11.3 Å². The van der Waals surface area contributed by atoms with Crippen LogP contribution in [0.3, 0.4) is 0 Å². The number of aromatic nitrogens is 4. The Kier molecular flexibility index (Phi) is 4.56. The number of anilines is 1. The van der Waals surface area contributed by atoms with Crippen LogP contribution in [0.25, 0.3) is 11.2 Å². The molecular formula is C16H19N5O6. The summed E-state index contributed by atoms with van der Waals surface area (Å²) in [6.45, 7) is -0.00728. The van der Waals surface area contributed by atoms with Crippen molar-refractivity contribution >= 4 is 17.0 Å². The lowest BCUT2D eigenvalue weighted by Crippen LogP contribution is -2.24. The van der Waals surface area contributed by atoms with Gasteiger partial charge in [0.1, 0.15) is 24.4 Å². The van der Waals surface area contributed by atoms with E-state index in [1.165, 1.54) is 19.5 Å². The van der Waals surface area contributed by atoms with Crippen molar-refractivity contribution < 1.29 is 29.2 Å². The van der Waals surface area contributed by atoms with Crippen molar-refractivity contribution in [2.45, 2.75) is 31.4 Å². The quantitative estimate of drug-likeness (QED) is 0.475. The minimum Gasteiger partial charge on any atom is -0.502 e. The average Bonchev–Trinajstić information content (AvgIpc) is 3.36. The third-order valence-corrected chi connectivity index (χ3v) is 4.40. The maximum atomic E-state index is 9.93. The van der Waals surface area contributed by atoms with Gasteiger partial charge in [0.15, 0.2) is 17.0 Å². The number of rotatable bonds is 6. The molecule has 0 aliphatic carbocycles. The van der Waals surface area contributed by atoms with Crippen molar-refractivity contribution in [2.75, 3.05) is 19.0 Å². The molecule has 144 valence electrons. The molecule has 0 amide bonds. The molecule has 4 heterocycles. The summed E-state index contributed by atoms with van der Waals surface area (Å²) in [4.78, 5) is 12.8. The number of ether oxygens (including phenoxy) is 2. The molecule has 0 spiro atoms. The third-order valence-electron chi connectivity index (χ3n) is 4.40. The fraction of sp³-hybridized carbons (Fsp3) is 0.438. The van der Waals surface area contributed by atoms with Crippen LogP contribution < -0.4 is 10.1 Å². The van der Waals surface area contributed by atoms with Gasteiger partial charge >= 0.3 is 5.95 Å². The summed E-state index contributed by atoms with van der Waals surface area (Å²) >= 11 is 0. The van der Waals surface area contributed by atoms with Crippen LogP contribution in [0.15, 0.2) is 23.1 Å². The first-order valence-corrected chi connectivity index (χ1v) is 8.32. The van der Waals surface area contributed by atoms with Crippen LogP contribution in [0.2, 0.25) is 0 Å². The molecule has 1 fully saturated rings. The number of aliphatic hydroxyl groups is 2. The highest BCUT2D eigenvalue weighted by Crippen LogP contribution is 2.32. The molecule has 3 atom stereocenters. The van der Waals surface area contributed by atoms with E-state index in [1.54, 1.807) is 10.9 Å². The maximum absolute atomic E-state index is 9.93. The number of methoxy groups -OCH3 is 1. The molecule has 3 aromatic rings. The number of furan rings is 1. The van der Waals surface area contributed by atoms with Crippen LogP contribution in [0.5, 0.6) is 11.7 Å². The first kappa shape index (κ1) is 17.5. The SMILES string of the molecule is COc1oc(CNc2ncnc3c2ncn3C2C[C@H](O)[C@@H](CO)O2)cc1O. The normalized spacial score (nSPS) is 22.4. The van der Waals surface area contributed by atoms with E-state index in [-0.39, 0.29) is 24.8 Å². The zero-order chi connectivity index (χ0) is 19.0. The number of hydrogen-bond acceptors (Lipinski definition) is 10. The number of aromatic hydroxyl groups is 1. The second-order valence-corrected chi connectivity index (χ2v) is 6.10.